The fraction of sp³-hybridized carbons (Fsp3) is 0.632. The van der Waals surface area contributed by atoms with Crippen LogP contribution < -0.4 is 0 Å². The van der Waals surface area contributed by atoms with E-state index in [9.17, 15) is 4.79 Å². The van der Waals surface area contributed by atoms with Gasteiger partial charge in [0, 0.05) is 18.7 Å². The zero-order valence-electron chi connectivity index (χ0n) is 14.1. The molecule has 0 N–H and O–H groups in total. The number of rotatable bonds is 3. The van der Waals surface area contributed by atoms with Gasteiger partial charge in [-0.2, -0.15) is 0 Å². The summed E-state index contributed by atoms with van der Waals surface area (Å²) in [5.74, 6) is 1.79. The SMILES string of the molecule is CC.CCC(C)C1CCN(C(=O)C2=CC=CCC=C2)CC1. The summed E-state index contributed by atoms with van der Waals surface area (Å²) in [5, 5.41) is 0. The van der Waals surface area contributed by atoms with Crippen molar-refractivity contribution >= 4 is 5.91 Å². The highest BCUT2D eigenvalue weighted by Gasteiger charge is 2.26. The maximum absolute atomic E-state index is 12.4. The predicted octanol–water partition coefficient (Wildman–Crippen LogP) is 4.74. The number of amides is 1. The molecule has 1 aliphatic heterocycles. The average molecular weight is 289 g/mol. The molecular formula is C19H31NO. The van der Waals surface area contributed by atoms with Crippen LogP contribution in [0.25, 0.3) is 0 Å². The van der Waals surface area contributed by atoms with E-state index >= 15 is 0 Å². The Balaban J connectivity index is 0.00000106. The molecular weight excluding hydrogens is 258 g/mol. The first-order valence-corrected chi connectivity index (χ1v) is 8.55. The molecule has 2 heteroatoms. The Morgan fingerprint density at radius 2 is 1.95 bits per heavy atom. The largest absolute Gasteiger partial charge is 0.339 e. The van der Waals surface area contributed by atoms with Crippen molar-refractivity contribution in [3.8, 4) is 0 Å². The number of likely N-dealkylation sites (tertiary alicyclic amines) is 1. The molecule has 118 valence electrons. The summed E-state index contributed by atoms with van der Waals surface area (Å²) in [4.78, 5) is 14.4. The number of nitrogens with zero attached hydrogens (tertiary/aromatic N) is 1. The summed E-state index contributed by atoms with van der Waals surface area (Å²) >= 11 is 0. The first kappa shape index (κ1) is 17.7. The Kier molecular flexibility index (Phi) is 8.11. The van der Waals surface area contributed by atoms with Gasteiger partial charge < -0.3 is 4.90 Å². The maximum atomic E-state index is 12.4. The first-order chi connectivity index (χ1) is 10.2. The van der Waals surface area contributed by atoms with E-state index in [-0.39, 0.29) is 5.91 Å². The summed E-state index contributed by atoms with van der Waals surface area (Å²) in [5.41, 5.74) is 0.829. The molecule has 0 saturated carbocycles. The lowest BCUT2D eigenvalue weighted by molar-refractivity contribution is -0.128. The molecule has 0 aromatic carbocycles. The zero-order valence-corrected chi connectivity index (χ0v) is 14.1. The molecule has 1 fully saturated rings. The highest BCUT2D eigenvalue weighted by atomic mass is 16.2. The number of piperidine rings is 1. The number of allylic oxidation sites excluding steroid dienone is 4. The van der Waals surface area contributed by atoms with E-state index in [2.05, 4.69) is 26.0 Å². The van der Waals surface area contributed by atoms with Gasteiger partial charge in [-0.1, -0.05) is 58.4 Å². The van der Waals surface area contributed by atoms with Crippen LogP contribution in [0.15, 0.2) is 36.0 Å². The highest BCUT2D eigenvalue weighted by Crippen LogP contribution is 2.27. The van der Waals surface area contributed by atoms with Gasteiger partial charge >= 0.3 is 0 Å². The van der Waals surface area contributed by atoms with Crippen LogP contribution in [-0.4, -0.2) is 23.9 Å². The summed E-state index contributed by atoms with van der Waals surface area (Å²) in [6, 6.07) is 0. The van der Waals surface area contributed by atoms with Crippen molar-refractivity contribution in [1.29, 1.82) is 0 Å². The van der Waals surface area contributed by atoms with Gasteiger partial charge in [-0.3, -0.25) is 4.79 Å². The van der Waals surface area contributed by atoms with Crippen LogP contribution in [-0.2, 0) is 4.79 Å². The van der Waals surface area contributed by atoms with Crippen LogP contribution in [0.4, 0.5) is 0 Å². The van der Waals surface area contributed by atoms with E-state index < -0.39 is 0 Å². The van der Waals surface area contributed by atoms with Gasteiger partial charge in [-0.05, 0) is 37.2 Å². The predicted molar refractivity (Wildman–Crippen MR) is 91.1 cm³/mol. The zero-order chi connectivity index (χ0) is 15.7. The first-order valence-electron chi connectivity index (χ1n) is 8.55. The van der Waals surface area contributed by atoms with Crippen molar-refractivity contribution in [1.82, 2.24) is 4.90 Å². The second-order valence-electron chi connectivity index (χ2n) is 5.70. The van der Waals surface area contributed by atoms with Gasteiger partial charge in [-0.15, -0.1) is 0 Å². The highest BCUT2D eigenvalue weighted by molar-refractivity contribution is 5.96. The van der Waals surface area contributed by atoms with Crippen LogP contribution >= 0.6 is 0 Å². The molecule has 1 atom stereocenters. The Labute approximate surface area is 130 Å². The van der Waals surface area contributed by atoms with E-state index in [4.69, 9.17) is 0 Å². The van der Waals surface area contributed by atoms with Crippen molar-refractivity contribution in [2.24, 2.45) is 11.8 Å². The van der Waals surface area contributed by atoms with Gasteiger partial charge in [-0.25, -0.2) is 0 Å². The summed E-state index contributed by atoms with van der Waals surface area (Å²) in [6.45, 7) is 10.4. The van der Waals surface area contributed by atoms with E-state index in [1.165, 1.54) is 6.42 Å². The topological polar surface area (TPSA) is 20.3 Å². The number of carbonyl (C=O) groups excluding carboxylic acids is 1. The van der Waals surface area contributed by atoms with E-state index in [1.54, 1.807) is 0 Å². The fourth-order valence-corrected chi connectivity index (χ4v) is 2.91. The maximum Gasteiger partial charge on any atom is 0.253 e. The molecule has 0 aromatic rings. The molecule has 2 aliphatic rings. The Morgan fingerprint density at radius 1 is 1.29 bits per heavy atom. The lowest BCUT2D eigenvalue weighted by atomic mass is 9.84. The lowest BCUT2D eigenvalue weighted by Gasteiger charge is -2.34. The fourth-order valence-electron chi connectivity index (χ4n) is 2.91. The second kappa shape index (κ2) is 9.59. The number of hydrogen-bond donors (Lipinski definition) is 0. The van der Waals surface area contributed by atoms with Crippen LogP contribution in [0.1, 0.15) is 53.4 Å². The van der Waals surface area contributed by atoms with E-state index in [0.717, 1.165) is 49.8 Å². The summed E-state index contributed by atoms with van der Waals surface area (Å²) < 4.78 is 0. The van der Waals surface area contributed by atoms with Crippen LogP contribution in [0.5, 0.6) is 0 Å². The molecule has 1 heterocycles. The summed E-state index contributed by atoms with van der Waals surface area (Å²) in [6.07, 6.45) is 14.5. The Hall–Kier alpha value is -1.31. The second-order valence-corrected chi connectivity index (χ2v) is 5.70. The van der Waals surface area contributed by atoms with Gasteiger partial charge in [0.05, 0.1) is 0 Å². The minimum Gasteiger partial charge on any atom is -0.339 e. The third-order valence-electron chi connectivity index (χ3n) is 4.50. The average Bonchev–Trinajstić information content (AvgIpc) is 2.84. The standard InChI is InChI=1S/C17H25NO.C2H6/c1-3-14(2)15-10-12-18(13-11-15)17(19)16-8-6-4-5-7-9-16;1-2/h4,6-9,14-15H,3,5,10-13H2,1-2H3;1-2H3. The Bertz CT molecular complexity index is 398. The molecule has 1 amide bonds. The van der Waals surface area contributed by atoms with Gasteiger partial charge in [0.1, 0.15) is 0 Å². The summed E-state index contributed by atoms with van der Waals surface area (Å²) in [7, 11) is 0. The Morgan fingerprint density at radius 3 is 2.57 bits per heavy atom. The lowest BCUT2D eigenvalue weighted by Crippen LogP contribution is -2.40. The molecule has 0 radical (unpaired) electrons. The monoisotopic (exact) mass is 289 g/mol. The third-order valence-corrected chi connectivity index (χ3v) is 4.50. The van der Waals surface area contributed by atoms with Crippen LogP contribution in [0.2, 0.25) is 0 Å². The minimum atomic E-state index is 0.199. The molecule has 1 unspecified atom stereocenters. The molecule has 0 aromatic heterocycles. The van der Waals surface area contributed by atoms with Gasteiger partial charge in [0.15, 0.2) is 0 Å². The molecule has 1 saturated heterocycles. The molecule has 2 rings (SSSR count). The van der Waals surface area contributed by atoms with Crippen molar-refractivity contribution in [2.75, 3.05) is 13.1 Å². The van der Waals surface area contributed by atoms with Crippen LogP contribution in [0.3, 0.4) is 0 Å². The van der Waals surface area contributed by atoms with Crippen molar-refractivity contribution in [3.63, 3.8) is 0 Å². The normalized spacial score (nSPS) is 20.2. The van der Waals surface area contributed by atoms with Crippen molar-refractivity contribution in [2.45, 2.75) is 53.4 Å². The quantitative estimate of drug-likeness (QED) is 0.735. The number of hydrogen-bond acceptors (Lipinski definition) is 1. The van der Waals surface area contributed by atoms with Gasteiger partial charge in [0.2, 0.25) is 0 Å². The van der Waals surface area contributed by atoms with Crippen LogP contribution in [0, 0.1) is 11.8 Å². The third kappa shape index (κ3) is 5.18. The molecule has 1 aliphatic carbocycles. The smallest absolute Gasteiger partial charge is 0.253 e. The molecule has 0 spiro atoms. The molecule has 21 heavy (non-hydrogen) atoms. The van der Waals surface area contributed by atoms with Crippen molar-refractivity contribution in [3.05, 3.63) is 36.0 Å². The molecule has 0 bridgehead atoms. The van der Waals surface area contributed by atoms with E-state index in [1.807, 2.05) is 37.0 Å². The van der Waals surface area contributed by atoms with Crippen molar-refractivity contribution < 1.29 is 4.79 Å². The minimum absolute atomic E-state index is 0.199. The van der Waals surface area contributed by atoms with E-state index in [0.29, 0.717) is 0 Å². The molecule has 2 nitrogen and oxygen atoms in total. The number of carbonyl (C=O) groups is 1. The van der Waals surface area contributed by atoms with Gasteiger partial charge in [0.25, 0.3) is 5.91 Å².